The lowest BCUT2D eigenvalue weighted by Crippen LogP contribution is -2.20. The van der Waals surface area contributed by atoms with Crippen molar-refractivity contribution in [1.29, 1.82) is 5.26 Å². The molecule has 0 saturated carbocycles. The number of alkyl halides is 1. The van der Waals surface area contributed by atoms with Gasteiger partial charge >= 0.3 is 0 Å². The van der Waals surface area contributed by atoms with Crippen LogP contribution >= 0.6 is 11.6 Å². The fourth-order valence-corrected chi connectivity index (χ4v) is 3.04. The molecule has 0 heterocycles. The van der Waals surface area contributed by atoms with E-state index in [9.17, 15) is 8.42 Å². The molecule has 1 aromatic carbocycles. The summed E-state index contributed by atoms with van der Waals surface area (Å²) in [5.41, 5.74) is 1.03. The fourth-order valence-electron chi connectivity index (χ4n) is 1.28. The quantitative estimate of drug-likeness (QED) is 0.781. The first-order chi connectivity index (χ1) is 7.43. The Kier molecular flexibility index (Phi) is 3.95. The zero-order chi connectivity index (χ0) is 12.3. The van der Waals surface area contributed by atoms with Crippen molar-refractivity contribution < 1.29 is 8.42 Å². The number of hydrogen-bond donors (Lipinski definition) is 0. The summed E-state index contributed by atoms with van der Waals surface area (Å²) in [5, 5.41) is 8.22. The fraction of sp³-hybridized carbons (Fsp3) is 0.364. The summed E-state index contributed by atoms with van der Waals surface area (Å²) in [4.78, 5) is 0.0637. The van der Waals surface area contributed by atoms with E-state index in [0.717, 1.165) is 5.56 Å². The van der Waals surface area contributed by atoms with Crippen LogP contribution in [0.5, 0.6) is 0 Å². The van der Waals surface area contributed by atoms with Crippen molar-refractivity contribution in [2.24, 2.45) is 0 Å². The number of nitriles is 1. The SMILES string of the molecule is Cc1ccc(S(=O)(=O)C(C)CCl)c(C#N)c1. The van der Waals surface area contributed by atoms with Gasteiger partial charge in [0.15, 0.2) is 9.84 Å². The molecule has 1 aromatic rings. The lowest BCUT2D eigenvalue weighted by Gasteiger charge is -2.11. The first-order valence-electron chi connectivity index (χ1n) is 4.74. The Bertz CT molecular complexity index is 531. The van der Waals surface area contributed by atoms with Gasteiger partial charge in [-0.3, -0.25) is 0 Å². The Hall–Kier alpha value is -1.05. The van der Waals surface area contributed by atoms with Crippen molar-refractivity contribution in [1.82, 2.24) is 0 Å². The third-order valence-electron chi connectivity index (χ3n) is 2.31. The number of benzene rings is 1. The molecule has 0 spiro atoms. The van der Waals surface area contributed by atoms with Crippen molar-refractivity contribution in [3.8, 4) is 6.07 Å². The van der Waals surface area contributed by atoms with Gasteiger partial charge in [-0.1, -0.05) is 6.07 Å². The minimum absolute atomic E-state index is 0.0150. The Morgan fingerprint density at radius 1 is 1.50 bits per heavy atom. The van der Waals surface area contributed by atoms with E-state index in [1.54, 1.807) is 12.1 Å². The van der Waals surface area contributed by atoms with Gasteiger partial charge in [0.1, 0.15) is 6.07 Å². The summed E-state index contributed by atoms with van der Waals surface area (Å²) in [5.74, 6) is 0.0150. The van der Waals surface area contributed by atoms with Crippen LogP contribution in [0.25, 0.3) is 0 Å². The largest absolute Gasteiger partial charge is 0.223 e. The summed E-state index contributed by atoms with van der Waals surface area (Å²) in [7, 11) is -3.50. The van der Waals surface area contributed by atoms with E-state index in [1.165, 1.54) is 13.0 Å². The van der Waals surface area contributed by atoms with Gasteiger partial charge in [-0.25, -0.2) is 8.42 Å². The molecular weight excluding hydrogens is 246 g/mol. The van der Waals surface area contributed by atoms with E-state index in [2.05, 4.69) is 0 Å². The zero-order valence-corrected chi connectivity index (χ0v) is 10.6. The molecule has 3 nitrogen and oxygen atoms in total. The van der Waals surface area contributed by atoms with Gasteiger partial charge in [-0.2, -0.15) is 5.26 Å². The molecule has 16 heavy (non-hydrogen) atoms. The predicted molar refractivity (Wildman–Crippen MR) is 63.3 cm³/mol. The average molecular weight is 258 g/mol. The van der Waals surface area contributed by atoms with E-state index in [-0.39, 0.29) is 16.3 Å². The van der Waals surface area contributed by atoms with Crippen LogP contribution in [-0.4, -0.2) is 19.5 Å². The first kappa shape index (κ1) is 13.0. The van der Waals surface area contributed by atoms with Gasteiger partial charge in [0.05, 0.1) is 15.7 Å². The number of halogens is 1. The maximum atomic E-state index is 12.0. The number of aryl methyl sites for hydroxylation is 1. The number of hydrogen-bond acceptors (Lipinski definition) is 3. The van der Waals surface area contributed by atoms with Crippen LogP contribution in [0, 0.1) is 18.3 Å². The Balaban J connectivity index is 3.41. The predicted octanol–water partition coefficient (Wildman–Crippen LogP) is 2.27. The molecule has 0 radical (unpaired) electrons. The summed E-state index contributed by atoms with van der Waals surface area (Å²) in [6, 6.07) is 6.60. The monoisotopic (exact) mass is 257 g/mol. The first-order valence-corrected chi connectivity index (χ1v) is 6.82. The van der Waals surface area contributed by atoms with Crippen LogP contribution in [-0.2, 0) is 9.84 Å². The van der Waals surface area contributed by atoms with Gasteiger partial charge < -0.3 is 0 Å². The van der Waals surface area contributed by atoms with Crippen LogP contribution < -0.4 is 0 Å². The smallest absolute Gasteiger partial charge is 0.183 e. The average Bonchev–Trinajstić information content (AvgIpc) is 2.27. The van der Waals surface area contributed by atoms with E-state index >= 15 is 0 Å². The van der Waals surface area contributed by atoms with E-state index in [0.29, 0.717) is 0 Å². The van der Waals surface area contributed by atoms with Crippen LogP contribution in [0.1, 0.15) is 18.1 Å². The lowest BCUT2D eigenvalue weighted by atomic mass is 10.2. The highest BCUT2D eigenvalue weighted by molar-refractivity contribution is 7.92. The summed E-state index contributed by atoms with van der Waals surface area (Å²) >= 11 is 5.55. The van der Waals surface area contributed by atoms with E-state index in [4.69, 9.17) is 16.9 Å². The van der Waals surface area contributed by atoms with Crippen molar-refractivity contribution in [2.75, 3.05) is 5.88 Å². The molecule has 0 saturated heterocycles. The third-order valence-corrected chi connectivity index (χ3v) is 5.15. The topological polar surface area (TPSA) is 57.9 Å². The molecule has 86 valence electrons. The van der Waals surface area contributed by atoms with Crippen LogP contribution in [0.3, 0.4) is 0 Å². The van der Waals surface area contributed by atoms with Gasteiger partial charge in [0.2, 0.25) is 0 Å². The minimum atomic E-state index is -3.50. The van der Waals surface area contributed by atoms with Crippen molar-refractivity contribution >= 4 is 21.4 Å². The summed E-state index contributed by atoms with van der Waals surface area (Å²) in [6.45, 7) is 3.34. The molecule has 0 aliphatic heterocycles. The molecule has 5 heteroatoms. The van der Waals surface area contributed by atoms with Gasteiger partial charge in [-0.15, -0.1) is 11.6 Å². The Labute approximate surface area is 101 Å². The van der Waals surface area contributed by atoms with E-state index < -0.39 is 15.1 Å². The number of rotatable bonds is 3. The molecule has 0 amide bonds. The molecular formula is C11H12ClNO2S. The maximum Gasteiger partial charge on any atom is 0.183 e. The Morgan fingerprint density at radius 2 is 2.12 bits per heavy atom. The van der Waals surface area contributed by atoms with Gasteiger partial charge in [0, 0.05) is 5.88 Å². The third kappa shape index (κ3) is 2.37. The lowest BCUT2D eigenvalue weighted by molar-refractivity contribution is 0.587. The number of nitrogens with zero attached hydrogens (tertiary/aromatic N) is 1. The van der Waals surface area contributed by atoms with Crippen LogP contribution in [0.15, 0.2) is 23.1 Å². The minimum Gasteiger partial charge on any atom is -0.223 e. The second-order valence-corrected chi connectivity index (χ2v) is 6.26. The summed E-state index contributed by atoms with van der Waals surface area (Å²) in [6.07, 6.45) is 0. The highest BCUT2D eigenvalue weighted by Gasteiger charge is 2.25. The molecule has 0 fully saturated rings. The normalized spacial score (nSPS) is 13.1. The molecule has 0 bridgehead atoms. The standard InChI is InChI=1S/C11H12ClNO2S/c1-8-3-4-11(10(5-8)7-13)16(14,15)9(2)6-12/h3-5,9H,6H2,1-2H3. The molecule has 1 unspecified atom stereocenters. The van der Waals surface area contributed by atoms with E-state index in [1.807, 2.05) is 13.0 Å². The highest BCUT2D eigenvalue weighted by Crippen LogP contribution is 2.21. The summed E-state index contributed by atoms with van der Waals surface area (Å²) < 4.78 is 24.0. The molecule has 0 aliphatic carbocycles. The second kappa shape index (κ2) is 4.86. The molecule has 0 aliphatic rings. The van der Waals surface area contributed by atoms with Crippen molar-refractivity contribution in [2.45, 2.75) is 24.0 Å². The highest BCUT2D eigenvalue weighted by atomic mass is 35.5. The zero-order valence-electron chi connectivity index (χ0n) is 9.07. The Morgan fingerprint density at radius 3 is 2.62 bits per heavy atom. The van der Waals surface area contributed by atoms with Crippen molar-refractivity contribution in [3.63, 3.8) is 0 Å². The number of sulfone groups is 1. The van der Waals surface area contributed by atoms with Crippen molar-refractivity contribution in [3.05, 3.63) is 29.3 Å². The molecule has 0 N–H and O–H groups in total. The maximum absolute atomic E-state index is 12.0. The molecule has 1 rings (SSSR count). The van der Waals surface area contributed by atoms with Gasteiger partial charge in [0.25, 0.3) is 0 Å². The van der Waals surface area contributed by atoms with Crippen LogP contribution in [0.2, 0.25) is 0 Å². The van der Waals surface area contributed by atoms with Gasteiger partial charge in [-0.05, 0) is 31.5 Å². The van der Waals surface area contributed by atoms with Crippen LogP contribution in [0.4, 0.5) is 0 Å². The molecule has 0 aromatic heterocycles. The second-order valence-electron chi connectivity index (χ2n) is 3.62. The molecule has 1 atom stereocenters.